The normalized spacial score (nSPS) is 12.8. The molecule has 3 rings (SSSR count). The number of benzene rings is 2. The minimum atomic E-state index is -0.670. The molecule has 2 aromatic carbocycles. The van der Waals surface area contributed by atoms with Crippen LogP contribution in [0.25, 0.3) is 0 Å². The molecule has 1 aliphatic rings. The van der Waals surface area contributed by atoms with Gasteiger partial charge in [0.2, 0.25) is 5.91 Å². The Morgan fingerprint density at radius 1 is 1.14 bits per heavy atom. The van der Waals surface area contributed by atoms with E-state index >= 15 is 0 Å². The fourth-order valence-electron chi connectivity index (χ4n) is 2.74. The molecule has 0 aliphatic carbocycles. The molecule has 0 unspecified atom stereocenters. The van der Waals surface area contributed by atoms with E-state index in [2.05, 4.69) is 5.32 Å². The summed E-state index contributed by atoms with van der Waals surface area (Å²) in [6.45, 7) is -0.734. The van der Waals surface area contributed by atoms with Crippen molar-refractivity contribution in [1.29, 1.82) is 0 Å². The lowest BCUT2D eigenvalue weighted by molar-refractivity contribution is -0.146. The molecule has 0 atom stereocenters. The monoisotopic (exact) mass is 416 g/mol. The van der Waals surface area contributed by atoms with Gasteiger partial charge in [-0.15, -0.1) is 11.8 Å². The molecule has 1 heterocycles. The van der Waals surface area contributed by atoms with Crippen molar-refractivity contribution in [2.24, 2.45) is 0 Å². The van der Waals surface area contributed by atoms with Crippen LogP contribution in [0.2, 0.25) is 0 Å². The molecule has 0 bridgehead atoms. The van der Waals surface area contributed by atoms with Gasteiger partial charge in [-0.05, 0) is 24.3 Å². The van der Waals surface area contributed by atoms with Crippen molar-refractivity contribution in [2.45, 2.75) is 4.90 Å². The van der Waals surface area contributed by atoms with Gasteiger partial charge in [-0.25, -0.2) is 0 Å². The molecular formula is C20H20N2O6S. The molecular weight excluding hydrogens is 396 g/mol. The van der Waals surface area contributed by atoms with Crippen molar-refractivity contribution in [1.82, 2.24) is 0 Å². The first-order valence-electron chi connectivity index (χ1n) is 8.71. The van der Waals surface area contributed by atoms with Crippen LogP contribution < -0.4 is 19.7 Å². The number of hydrogen-bond donors (Lipinski definition) is 1. The van der Waals surface area contributed by atoms with E-state index in [1.165, 1.54) is 30.9 Å². The van der Waals surface area contributed by atoms with Crippen LogP contribution in [0.3, 0.4) is 0 Å². The van der Waals surface area contributed by atoms with Crippen LogP contribution in [-0.2, 0) is 19.1 Å². The van der Waals surface area contributed by atoms with Crippen molar-refractivity contribution < 1.29 is 28.6 Å². The number of nitrogens with one attached hydrogen (secondary N) is 1. The van der Waals surface area contributed by atoms with Crippen LogP contribution >= 0.6 is 11.8 Å². The Morgan fingerprint density at radius 3 is 2.69 bits per heavy atom. The fraction of sp³-hybridized carbons (Fsp3) is 0.250. The van der Waals surface area contributed by atoms with Crippen LogP contribution in [0, 0.1) is 0 Å². The van der Waals surface area contributed by atoms with Crippen molar-refractivity contribution >= 4 is 40.9 Å². The summed E-state index contributed by atoms with van der Waals surface area (Å²) in [5.41, 5.74) is 1.09. The number of nitrogens with zero attached hydrogens (tertiary/aromatic N) is 1. The lowest BCUT2D eigenvalue weighted by atomic mass is 10.2. The maximum atomic E-state index is 12.2. The second-order valence-electron chi connectivity index (χ2n) is 6.01. The predicted molar refractivity (Wildman–Crippen MR) is 109 cm³/mol. The predicted octanol–water partition coefficient (Wildman–Crippen LogP) is 2.32. The van der Waals surface area contributed by atoms with Gasteiger partial charge in [-0.2, -0.15) is 0 Å². The number of methoxy groups -OCH3 is 2. The number of ether oxygens (including phenoxy) is 3. The fourth-order valence-corrected chi connectivity index (χ4v) is 3.67. The van der Waals surface area contributed by atoms with Crippen molar-refractivity contribution in [3.63, 3.8) is 0 Å². The quantitative estimate of drug-likeness (QED) is 0.692. The molecule has 0 saturated heterocycles. The highest BCUT2D eigenvalue weighted by Gasteiger charge is 2.27. The molecule has 0 aromatic heterocycles. The topological polar surface area (TPSA) is 94.2 Å². The molecule has 0 radical (unpaired) electrons. The van der Waals surface area contributed by atoms with Crippen molar-refractivity contribution in [3.05, 3.63) is 42.5 Å². The Kier molecular flexibility index (Phi) is 6.61. The SMILES string of the molecule is COc1ccc(NC(=O)COC(=O)CN2C(=O)CSc3ccccc32)c(OC)c1. The van der Waals surface area contributed by atoms with E-state index in [9.17, 15) is 14.4 Å². The van der Waals surface area contributed by atoms with E-state index in [1.54, 1.807) is 30.3 Å². The standard InChI is InChI=1S/C20H20N2O6S/c1-26-13-7-8-14(16(9-13)27-2)21-18(23)11-28-20(25)10-22-15-5-3-4-6-17(15)29-12-19(22)24/h3-9H,10-12H2,1-2H3,(H,21,23). The van der Waals surface area contributed by atoms with Crippen molar-refractivity contribution in [2.75, 3.05) is 43.3 Å². The number of thioether (sulfide) groups is 1. The number of anilines is 2. The number of amides is 2. The number of hydrogen-bond acceptors (Lipinski definition) is 7. The van der Waals surface area contributed by atoms with E-state index in [-0.39, 0.29) is 18.2 Å². The Hall–Kier alpha value is -3.20. The van der Waals surface area contributed by atoms with Gasteiger partial charge in [0.25, 0.3) is 5.91 Å². The summed E-state index contributed by atoms with van der Waals surface area (Å²) in [5.74, 6) is -0.132. The Morgan fingerprint density at radius 2 is 1.93 bits per heavy atom. The third-order valence-electron chi connectivity index (χ3n) is 4.14. The molecule has 2 aromatic rings. The number of esters is 1. The minimum Gasteiger partial charge on any atom is -0.497 e. The molecule has 8 nitrogen and oxygen atoms in total. The van der Waals surface area contributed by atoms with Gasteiger partial charge in [0.15, 0.2) is 6.61 Å². The van der Waals surface area contributed by atoms with Gasteiger partial charge in [0.05, 0.1) is 31.3 Å². The van der Waals surface area contributed by atoms with Gasteiger partial charge >= 0.3 is 5.97 Å². The van der Waals surface area contributed by atoms with Crippen LogP contribution in [0.1, 0.15) is 0 Å². The zero-order chi connectivity index (χ0) is 20.8. The Balaban J connectivity index is 1.56. The second-order valence-corrected chi connectivity index (χ2v) is 7.03. The zero-order valence-electron chi connectivity index (χ0n) is 16.0. The van der Waals surface area contributed by atoms with Gasteiger partial charge in [0.1, 0.15) is 18.0 Å². The maximum Gasteiger partial charge on any atom is 0.326 e. The summed E-state index contributed by atoms with van der Waals surface area (Å²) in [6.07, 6.45) is 0. The van der Waals surface area contributed by atoms with Crippen LogP contribution in [0.4, 0.5) is 11.4 Å². The van der Waals surface area contributed by atoms with Crippen LogP contribution in [-0.4, -0.2) is 50.9 Å². The lowest BCUT2D eigenvalue weighted by Crippen LogP contribution is -2.40. The number of carbonyl (C=O) groups excluding carboxylic acids is 3. The highest BCUT2D eigenvalue weighted by molar-refractivity contribution is 8.00. The van der Waals surface area contributed by atoms with E-state index in [1.807, 2.05) is 12.1 Å². The van der Waals surface area contributed by atoms with Crippen molar-refractivity contribution in [3.8, 4) is 11.5 Å². The minimum absolute atomic E-state index is 0.182. The number of fused-ring (bicyclic) bond motifs is 1. The molecule has 29 heavy (non-hydrogen) atoms. The lowest BCUT2D eigenvalue weighted by Gasteiger charge is -2.27. The molecule has 1 N–H and O–H groups in total. The molecule has 0 spiro atoms. The Labute approximate surface area is 172 Å². The highest BCUT2D eigenvalue weighted by Crippen LogP contribution is 2.34. The summed E-state index contributed by atoms with van der Waals surface area (Å²) >= 11 is 1.42. The first-order valence-corrected chi connectivity index (χ1v) is 9.70. The third-order valence-corrected chi connectivity index (χ3v) is 5.19. The smallest absolute Gasteiger partial charge is 0.326 e. The van der Waals surface area contributed by atoms with Crippen LogP contribution in [0.15, 0.2) is 47.4 Å². The highest BCUT2D eigenvalue weighted by atomic mass is 32.2. The molecule has 0 fully saturated rings. The summed E-state index contributed by atoms with van der Waals surface area (Å²) in [7, 11) is 2.99. The number of rotatable bonds is 7. The van der Waals surface area contributed by atoms with E-state index in [0.717, 1.165) is 4.90 Å². The van der Waals surface area contributed by atoms with E-state index in [0.29, 0.717) is 22.9 Å². The number of carbonyl (C=O) groups is 3. The third kappa shape index (κ3) is 5.00. The Bertz CT molecular complexity index is 933. The maximum absolute atomic E-state index is 12.2. The van der Waals surface area contributed by atoms with Gasteiger partial charge in [0, 0.05) is 11.0 Å². The number of para-hydroxylation sites is 1. The molecule has 2 amide bonds. The largest absolute Gasteiger partial charge is 0.497 e. The van der Waals surface area contributed by atoms with E-state index < -0.39 is 18.5 Å². The molecule has 152 valence electrons. The molecule has 1 aliphatic heterocycles. The average molecular weight is 416 g/mol. The van der Waals surface area contributed by atoms with Gasteiger partial charge in [-0.1, -0.05) is 12.1 Å². The van der Waals surface area contributed by atoms with Gasteiger partial charge < -0.3 is 19.5 Å². The van der Waals surface area contributed by atoms with E-state index in [4.69, 9.17) is 14.2 Å². The molecule has 9 heteroatoms. The summed E-state index contributed by atoms with van der Waals surface area (Å²) < 4.78 is 15.4. The molecule has 0 saturated carbocycles. The first kappa shape index (κ1) is 20.5. The van der Waals surface area contributed by atoms with Gasteiger partial charge in [-0.3, -0.25) is 19.3 Å². The summed E-state index contributed by atoms with van der Waals surface area (Å²) in [6, 6.07) is 12.2. The van der Waals surface area contributed by atoms with Crippen LogP contribution in [0.5, 0.6) is 11.5 Å². The summed E-state index contributed by atoms with van der Waals surface area (Å²) in [4.78, 5) is 38.8. The second kappa shape index (κ2) is 9.33. The first-order chi connectivity index (χ1) is 14.0. The zero-order valence-corrected chi connectivity index (χ0v) is 16.8. The average Bonchev–Trinajstić information content (AvgIpc) is 2.74. The summed E-state index contributed by atoms with van der Waals surface area (Å²) in [5, 5.41) is 2.62.